The first-order chi connectivity index (χ1) is 9.06. The molecule has 0 N–H and O–H groups in total. The van der Waals surface area contributed by atoms with Crippen molar-refractivity contribution in [2.24, 2.45) is 0 Å². The second-order valence-corrected chi connectivity index (χ2v) is 4.38. The first-order valence-electron chi connectivity index (χ1n) is 5.99. The van der Waals surface area contributed by atoms with E-state index in [1.165, 1.54) is 12.1 Å². The average Bonchev–Trinajstić information content (AvgIpc) is 2.39. The molecule has 2 aromatic rings. The summed E-state index contributed by atoms with van der Waals surface area (Å²) in [6, 6.07) is 9.40. The minimum Gasteiger partial charge on any atom is -0.491 e. The number of hydrogen-bond donors (Lipinski definition) is 0. The molecular formula is C15H14FNO2. The van der Waals surface area contributed by atoms with Crippen molar-refractivity contribution in [3.8, 4) is 5.75 Å². The number of rotatable bonds is 4. The van der Waals surface area contributed by atoms with Gasteiger partial charge in [0.05, 0.1) is 12.3 Å². The van der Waals surface area contributed by atoms with Gasteiger partial charge in [-0.2, -0.15) is 0 Å². The van der Waals surface area contributed by atoms with Gasteiger partial charge in [-0.1, -0.05) is 0 Å². The SMILES string of the molecule is CC(C)Oc1ccc(C(=O)c2ccc(F)cn2)cc1. The number of benzene rings is 1. The molecule has 0 aliphatic rings. The number of pyridine rings is 1. The molecule has 4 heteroatoms. The highest BCUT2D eigenvalue weighted by Gasteiger charge is 2.10. The van der Waals surface area contributed by atoms with Gasteiger partial charge in [0.25, 0.3) is 0 Å². The quantitative estimate of drug-likeness (QED) is 0.791. The Morgan fingerprint density at radius 1 is 1.16 bits per heavy atom. The fourth-order valence-electron chi connectivity index (χ4n) is 1.62. The summed E-state index contributed by atoms with van der Waals surface area (Å²) in [6.45, 7) is 3.86. The van der Waals surface area contributed by atoms with E-state index < -0.39 is 5.82 Å². The Labute approximate surface area is 111 Å². The summed E-state index contributed by atoms with van der Waals surface area (Å²) in [4.78, 5) is 15.8. The van der Waals surface area contributed by atoms with Gasteiger partial charge in [0.2, 0.25) is 5.78 Å². The van der Waals surface area contributed by atoms with Crippen LogP contribution in [0.15, 0.2) is 42.6 Å². The fraction of sp³-hybridized carbons (Fsp3) is 0.200. The summed E-state index contributed by atoms with van der Waals surface area (Å²) >= 11 is 0. The molecule has 0 saturated carbocycles. The predicted molar refractivity (Wildman–Crippen MR) is 69.8 cm³/mol. The van der Waals surface area contributed by atoms with Crippen LogP contribution in [0.2, 0.25) is 0 Å². The maximum Gasteiger partial charge on any atom is 0.211 e. The van der Waals surface area contributed by atoms with Gasteiger partial charge in [0.15, 0.2) is 0 Å². The van der Waals surface area contributed by atoms with Gasteiger partial charge in [-0.05, 0) is 50.2 Å². The van der Waals surface area contributed by atoms with E-state index >= 15 is 0 Å². The molecule has 1 aromatic carbocycles. The van der Waals surface area contributed by atoms with Crippen LogP contribution in [0, 0.1) is 5.82 Å². The molecular weight excluding hydrogens is 245 g/mol. The number of carbonyl (C=O) groups excluding carboxylic acids is 1. The van der Waals surface area contributed by atoms with Gasteiger partial charge in [-0.3, -0.25) is 4.79 Å². The number of halogens is 1. The zero-order valence-electron chi connectivity index (χ0n) is 10.8. The standard InChI is InChI=1S/C15H14FNO2/c1-10(2)19-13-6-3-11(4-7-13)15(18)14-8-5-12(16)9-17-14/h3-10H,1-2H3. The van der Waals surface area contributed by atoms with Gasteiger partial charge in [0.1, 0.15) is 17.3 Å². The number of aromatic nitrogens is 1. The third kappa shape index (κ3) is 3.37. The molecule has 0 atom stereocenters. The van der Waals surface area contributed by atoms with E-state index in [9.17, 15) is 9.18 Å². The van der Waals surface area contributed by atoms with E-state index in [2.05, 4.69) is 4.98 Å². The fourth-order valence-corrected chi connectivity index (χ4v) is 1.62. The van der Waals surface area contributed by atoms with Crippen LogP contribution < -0.4 is 4.74 Å². The molecule has 0 radical (unpaired) electrons. The van der Waals surface area contributed by atoms with Crippen molar-refractivity contribution in [2.45, 2.75) is 20.0 Å². The lowest BCUT2D eigenvalue weighted by Gasteiger charge is -2.09. The summed E-state index contributed by atoms with van der Waals surface area (Å²) in [5, 5.41) is 0. The Balaban J connectivity index is 2.17. The van der Waals surface area contributed by atoms with Crippen LogP contribution in [0.5, 0.6) is 5.75 Å². The van der Waals surface area contributed by atoms with E-state index in [0.717, 1.165) is 6.20 Å². The molecule has 0 aliphatic heterocycles. The summed E-state index contributed by atoms with van der Waals surface area (Å²) in [6.07, 6.45) is 1.11. The Bertz CT molecular complexity index is 562. The van der Waals surface area contributed by atoms with Gasteiger partial charge < -0.3 is 4.74 Å². The van der Waals surface area contributed by atoms with Gasteiger partial charge in [-0.25, -0.2) is 9.37 Å². The Morgan fingerprint density at radius 2 is 1.84 bits per heavy atom. The number of carbonyl (C=O) groups is 1. The summed E-state index contributed by atoms with van der Waals surface area (Å²) in [7, 11) is 0. The maximum absolute atomic E-state index is 12.7. The second-order valence-electron chi connectivity index (χ2n) is 4.38. The van der Waals surface area contributed by atoms with Crippen LogP contribution in [0.25, 0.3) is 0 Å². The molecule has 98 valence electrons. The topological polar surface area (TPSA) is 39.2 Å². The molecule has 1 heterocycles. The molecule has 0 aliphatic carbocycles. The number of hydrogen-bond acceptors (Lipinski definition) is 3. The normalized spacial score (nSPS) is 10.5. The lowest BCUT2D eigenvalue weighted by molar-refractivity contribution is 0.103. The number of ketones is 1. The molecule has 1 aromatic heterocycles. The van der Waals surface area contributed by atoms with Crippen molar-refractivity contribution < 1.29 is 13.9 Å². The van der Waals surface area contributed by atoms with Crippen molar-refractivity contribution in [2.75, 3.05) is 0 Å². The number of nitrogens with zero attached hydrogens (tertiary/aromatic N) is 1. The smallest absolute Gasteiger partial charge is 0.211 e. The van der Waals surface area contributed by atoms with Crippen molar-refractivity contribution in [1.29, 1.82) is 0 Å². The van der Waals surface area contributed by atoms with E-state index in [-0.39, 0.29) is 17.6 Å². The minimum atomic E-state index is -0.461. The van der Waals surface area contributed by atoms with Crippen LogP contribution in [-0.2, 0) is 0 Å². The molecule has 0 fully saturated rings. The average molecular weight is 259 g/mol. The van der Waals surface area contributed by atoms with Gasteiger partial charge >= 0.3 is 0 Å². The zero-order valence-corrected chi connectivity index (χ0v) is 10.8. The van der Waals surface area contributed by atoms with Crippen LogP contribution in [-0.4, -0.2) is 16.9 Å². The highest BCUT2D eigenvalue weighted by atomic mass is 19.1. The Kier molecular flexibility index (Phi) is 3.90. The Morgan fingerprint density at radius 3 is 2.37 bits per heavy atom. The summed E-state index contributed by atoms with van der Waals surface area (Å²) < 4.78 is 18.2. The van der Waals surface area contributed by atoms with Gasteiger partial charge in [-0.15, -0.1) is 0 Å². The van der Waals surface area contributed by atoms with Crippen LogP contribution >= 0.6 is 0 Å². The van der Waals surface area contributed by atoms with Crippen molar-refractivity contribution >= 4 is 5.78 Å². The molecule has 0 amide bonds. The monoisotopic (exact) mass is 259 g/mol. The third-order valence-corrected chi connectivity index (χ3v) is 2.45. The van der Waals surface area contributed by atoms with E-state index in [1.54, 1.807) is 24.3 Å². The maximum atomic E-state index is 12.7. The molecule has 2 rings (SSSR count). The van der Waals surface area contributed by atoms with E-state index in [1.807, 2.05) is 13.8 Å². The van der Waals surface area contributed by atoms with Crippen LogP contribution in [0.3, 0.4) is 0 Å². The van der Waals surface area contributed by atoms with Crippen molar-refractivity contribution in [3.05, 3.63) is 59.7 Å². The summed E-state index contributed by atoms with van der Waals surface area (Å²) in [5.41, 5.74) is 0.717. The number of ether oxygens (including phenoxy) is 1. The third-order valence-electron chi connectivity index (χ3n) is 2.45. The van der Waals surface area contributed by atoms with Crippen LogP contribution in [0.1, 0.15) is 29.9 Å². The molecule has 0 saturated heterocycles. The molecule has 19 heavy (non-hydrogen) atoms. The lowest BCUT2D eigenvalue weighted by Crippen LogP contribution is -2.07. The van der Waals surface area contributed by atoms with Crippen molar-refractivity contribution in [3.63, 3.8) is 0 Å². The molecule has 3 nitrogen and oxygen atoms in total. The first-order valence-corrected chi connectivity index (χ1v) is 5.99. The van der Waals surface area contributed by atoms with E-state index in [4.69, 9.17) is 4.74 Å². The predicted octanol–water partition coefficient (Wildman–Crippen LogP) is 3.24. The van der Waals surface area contributed by atoms with E-state index in [0.29, 0.717) is 11.3 Å². The molecule has 0 bridgehead atoms. The largest absolute Gasteiger partial charge is 0.491 e. The van der Waals surface area contributed by atoms with Crippen molar-refractivity contribution in [1.82, 2.24) is 4.98 Å². The van der Waals surface area contributed by atoms with Gasteiger partial charge in [0, 0.05) is 5.56 Å². The second kappa shape index (κ2) is 5.61. The highest BCUT2D eigenvalue weighted by Crippen LogP contribution is 2.16. The van der Waals surface area contributed by atoms with Crippen LogP contribution in [0.4, 0.5) is 4.39 Å². The molecule has 0 spiro atoms. The minimum absolute atomic E-state index is 0.0836. The molecule has 0 unspecified atom stereocenters. The zero-order chi connectivity index (χ0) is 13.8. The lowest BCUT2D eigenvalue weighted by atomic mass is 10.1. The Hall–Kier alpha value is -2.23. The summed E-state index contributed by atoms with van der Waals surface area (Å²) in [5.74, 6) is 0.00643. The highest BCUT2D eigenvalue weighted by molar-refractivity contribution is 6.07. The first kappa shape index (κ1) is 13.2.